The predicted octanol–water partition coefficient (Wildman–Crippen LogP) is 4.03. The van der Waals surface area contributed by atoms with E-state index in [4.69, 9.17) is 21.1 Å². The number of rotatable bonds is 11. The Kier molecular flexibility index (Phi) is 14.3. The molecule has 9 heteroatoms. The normalized spacial score (nSPS) is 18.8. The zero-order chi connectivity index (χ0) is 28.7. The summed E-state index contributed by atoms with van der Waals surface area (Å²) >= 11 is 5.75. The van der Waals surface area contributed by atoms with Gasteiger partial charge in [-0.1, -0.05) is 69.4 Å². The lowest BCUT2D eigenvalue weighted by Gasteiger charge is -2.29. The standard InChI is InChI=1S/C29H39ClN2O6/c1-20(23-17-18-24(37-6)28(36)38-23)12-9-7-8-10-14-25(34)32-26(29(3,4)5)27(35)31-19-11-13-22(33)16-15-21(2)30/h9-12,14-15,18-20,22-23,26,33H,13,16-17H2,1-6H3,(H,31,35)(H,32,34)/b12-9+,14-10+,19-11-,21-15+/t20-,22+,23-,26?/m0/s1. The molecular formula is C29H39ClN2O6. The van der Waals surface area contributed by atoms with Crippen LogP contribution in [0.5, 0.6) is 0 Å². The Morgan fingerprint density at radius 2 is 1.97 bits per heavy atom. The summed E-state index contributed by atoms with van der Waals surface area (Å²) in [6.07, 6.45) is 13.1. The van der Waals surface area contributed by atoms with Crippen LogP contribution in [0, 0.1) is 23.2 Å². The van der Waals surface area contributed by atoms with Gasteiger partial charge in [0.1, 0.15) is 12.1 Å². The minimum atomic E-state index is -0.796. The van der Waals surface area contributed by atoms with E-state index < -0.39 is 29.4 Å². The highest BCUT2D eigenvalue weighted by Gasteiger charge is 2.32. The summed E-state index contributed by atoms with van der Waals surface area (Å²) in [4.78, 5) is 36.8. The summed E-state index contributed by atoms with van der Waals surface area (Å²) in [5.41, 5.74) is -0.546. The molecule has 1 heterocycles. The number of ether oxygens (including phenoxy) is 2. The Hall–Kier alpha value is -3.28. The van der Waals surface area contributed by atoms with Crippen molar-refractivity contribution in [1.82, 2.24) is 10.6 Å². The molecule has 2 amide bonds. The molecule has 0 aliphatic carbocycles. The maximum Gasteiger partial charge on any atom is 0.373 e. The van der Waals surface area contributed by atoms with Gasteiger partial charge in [-0.05, 0) is 49.6 Å². The van der Waals surface area contributed by atoms with Crippen molar-refractivity contribution in [2.45, 2.75) is 72.1 Å². The van der Waals surface area contributed by atoms with Crippen LogP contribution >= 0.6 is 11.6 Å². The van der Waals surface area contributed by atoms with Crippen molar-refractivity contribution in [2.24, 2.45) is 11.3 Å². The second-order valence-corrected chi connectivity index (χ2v) is 10.5. The fourth-order valence-corrected chi connectivity index (χ4v) is 3.38. The number of aliphatic hydroxyl groups is 1. The van der Waals surface area contributed by atoms with Crippen LogP contribution in [0.15, 0.2) is 59.5 Å². The first-order valence-electron chi connectivity index (χ1n) is 12.4. The van der Waals surface area contributed by atoms with Crippen LogP contribution in [0.3, 0.4) is 0 Å². The molecule has 1 aliphatic rings. The lowest BCUT2D eigenvalue weighted by Crippen LogP contribution is -2.52. The quantitative estimate of drug-likeness (QED) is 0.205. The van der Waals surface area contributed by atoms with E-state index in [1.807, 2.05) is 33.8 Å². The number of nitrogens with one attached hydrogen (secondary N) is 2. The number of aliphatic hydroxyl groups excluding tert-OH is 1. The lowest BCUT2D eigenvalue weighted by molar-refractivity contribution is -0.151. The fraction of sp³-hybridized carbons (Fsp3) is 0.483. The van der Waals surface area contributed by atoms with Crippen LogP contribution in [-0.2, 0) is 23.9 Å². The third-order valence-corrected chi connectivity index (χ3v) is 5.68. The van der Waals surface area contributed by atoms with E-state index in [2.05, 4.69) is 22.5 Å². The molecule has 38 heavy (non-hydrogen) atoms. The number of amides is 2. The number of carbonyl (C=O) groups is 3. The highest BCUT2D eigenvalue weighted by molar-refractivity contribution is 6.29. The summed E-state index contributed by atoms with van der Waals surface area (Å²) < 4.78 is 10.3. The maximum absolute atomic E-state index is 12.7. The Morgan fingerprint density at radius 1 is 1.29 bits per heavy atom. The number of hydrogen-bond donors (Lipinski definition) is 3. The van der Waals surface area contributed by atoms with Gasteiger partial charge in [-0.3, -0.25) is 9.59 Å². The van der Waals surface area contributed by atoms with Crippen molar-refractivity contribution in [3.8, 4) is 11.8 Å². The van der Waals surface area contributed by atoms with Gasteiger partial charge in [-0.25, -0.2) is 4.79 Å². The van der Waals surface area contributed by atoms with Gasteiger partial charge >= 0.3 is 5.97 Å². The third-order valence-electron chi connectivity index (χ3n) is 5.52. The molecule has 0 aromatic rings. The Bertz CT molecular complexity index is 1040. The summed E-state index contributed by atoms with van der Waals surface area (Å²) in [6, 6.07) is -0.796. The van der Waals surface area contributed by atoms with Crippen molar-refractivity contribution < 1.29 is 29.0 Å². The number of hydrogen-bond acceptors (Lipinski definition) is 6. The lowest BCUT2D eigenvalue weighted by atomic mass is 9.86. The molecule has 0 radical (unpaired) electrons. The first-order valence-corrected chi connectivity index (χ1v) is 12.8. The van der Waals surface area contributed by atoms with Crippen LogP contribution < -0.4 is 10.6 Å². The van der Waals surface area contributed by atoms with Crippen molar-refractivity contribution in [3.63, 3.8) is 0 Å². The first-order chi connectivity index (χ1) is 17.8. The van der Waals surface area contributed by atoms with Crippen molar-refractivity contribution in [1.29, 1.82) is 0 Å². The highest BCUT2D eigenvalue weighted by Crippen LogP contribution is 2.21. The van der Waals surface area contributed by atoms with E-state index in [0.29, 0.717) is 24.3 Å². The maximum atomic E-state index is 12.7. The molecule has 0 aromatic heterocycles. The molecule has 0 bridgehead atoms. The van der Waals surface area contributed by atoms with E-state index in [9.17, 15) is 19.5 Å². The third kappa shape index (κ3) is 12.8. The molecule has 0 saturated heterocycles. The summed E-state index contributed by atoms with van der Waals surface area (Å²) in [6.45, 7) is 9.19. The van der Waals surface area contributed by atoms with Gasteiger partial charge in [0.15, 0.2) is 5.76 Å². The average molecular weight is 547 g/mol. The molecule has 8 nitrogen and oxygen atoms in total. The van der Waals surface area contributed by atoms with E-state index in [-0.39, 0.29) is 23.7 Å². The molecule has 3 N–H and O–H groups in total. The average Bonchev–Trinajstić information content (AvgIpc) is 2.84. The van der Waals surface area contributed by atoms with Gasteiger partial charge in [0.25, 0.3) is 0 Å². The van der Waals surface area contributed by atoms with Crippen LogP contribution in [0.4, 0.5) is 0 Å². The second kappa shape index (κ2) is 16.5. The highest BCUT2D eigenvalue weighted by atomic mass is 35.5. The fourth-order valence-electron chi connectivity index (χ4n) is 3.29. The Morgan fingerprint density at radius 3 is 2.58 bits per heavy atom. The van der Waals surface area contributed by atoms with Gasteiger partial charge < -0.3 is 25.2 Å². The van der Waals surface area contributed by atoms with E-state index in [1.165, 1.54) is 25.5 Å². The monoisotopic (exact) mass is 546 g/mol. The number of carbonyl (C=O) groups excluding carboxylic acids is 3. The molecular weight excluding hydrogens is 508 g/mol. The molecule has 1 aliphatic heterocycles. The van der Waals surface area contributed by atoms with Crippen LogP contribution in [0.1, 0.15) is 53.9 Å². The molecule has 0 spiro atoms. The minimum absolute atomic E-state index is 0.0507. The van der Waals surface area contributed by atoms with Crippen LogP contribution in [0.25, 0.3) is 0 Å². The SMILES string of the molecule is COC1=CC[C@@H]([C@@H](C)/C=C/C#C/C=C/C(=O)NC(C(=O)N/C=C\C[C@@H](O)C/C=C(\C)Cl)C(C)(C)C)OC1=O. The molecule has 4 atom stereocenters. The van der Waals surface area contributed by atoms with Crippen LogP contribution in [0.2, 0.25) is 0 Å². The van der Waals surface area contributed by atoms with Crippen molar-refractivity contribution in [2.75, 3.05) is 7.11 Å². The summed E-state index contributed by atoms with van der Waals surface area (Å²) in [5.74, 6) is 4.41. The number of cyclic esters (lactones) is 1. The van der Waals surface area contributed by atoms with Gasteiger partial charge in [0.05, 0.1) is 13.2 Å². The Labute approximate surface area is 230 Å². The van der Waals surface area contributed by atoms with E-state index >= 15 is 0 Å². The zero-order valence-corrected chi connectivity index (χ0v) is 23.7. The van der Waals surface area contributed by atoms with E-state index in [1.54, 1.807) is 31.2 Å². The summed E-state index contributed by atoms with van der Waals surface area (Å²) in [5, 5.41) is 15.9. The molecule has 1 rings (SSSR count). The largest absolute Gasteiger partial charge is 0.490 e. The molecule has 0 fully saturated rings. The molecule has 0 saturated carbocycles. The van der Waals surface area contributed by atoms with Gasteiger partial charge in [0, 0.05) is 23.4 Å². The van der Waals surface area contributed by atoms with Crippen molar-refractivity contribution in [3.05, 3.63) is 59.5 Å². The molecule has 0 aromatic carbocycles. The number of allylic oxidation sites excluding steroid dienone is 3. The summed E-state index contributed by atoms with van der Waals surface area (Å²) in [7, 11) is 1.43. The van der Waals surface area contributed by atoms with E-state index in [0.717, 1.165) is 0 Å². The predicted molar refractivity (Wildman–Crippen MR) is 148 cm³/mol. The topological polar surface area (TPSA) is 114 Å². The Balaban J connectivity index is 2.59. The minimum Gasteiger partial charge on any atom is -0.490 e. The second-order valence-electron chi connectivity index (χ2n) is 9.93. The van der Waals surface area contributed by atoms with Gasteiger partial charge in [-0.2, -0.15) is 0 Å². The molecule has 208 valence electrons. The molecule has 1 unspecified atom stereocenters. The number of methoxy groups -OCH3 is 1. The first kappa shape index (κ1) is 32.7. The van der Waals surface area contributed by atoms with Gasteiger partial charge in [0.2, 0.25) is 11.8 Å². The number of esters is 1. The number of halogens is 1. The van der Waals surface area contributed by atoms with Gasteiger partial charge in [-0.15, -0.1) is 0 Å². The smallest absolute Gasteiger partial charge is 0.373 e. The van der Waals surface area contributed by atoms with Crippen molar-refractivity contribution >= 4 is 29.4 Å². The van der Waals surface area contributed by atoms with Crippen LogP contribution in [-0.4, -0.2) is 48.2 Å². The zero-order valence-electron chi connectivity index (χ0n) is 22.9.